The van der Waals surface area contributed by atoms with Crippen molar-refractivity contribution < 1.29 is 14.3 Å². The summed E-state index contributed by atoms with van der Waals surface area (Å²) in [6, 6.07) is 13.5. The third kappa shape index (κ3) is 5.64. The number of hydrogen-bond acceptors (Lipinski definition) is 3. The molecule has 0 aliphatic heterocycles. The minimum absolute atomic E-state index is 0.114. The molecular weight excluding hydrogens is 316 g/mol. The van der Waals surface area contributed by atoms with Crippen molar-refractivity contribution in [2.75, 3.05) is 11.9 Å². The molecule has 120 valence electrons. The second-order valence-corrected chi connectivity index (χ2v) is 5.33. The summed E-state index contributed by atoms with van der Waals surface area (Å²) in [6.07, 6.45) is 0.930. The number of rotatable bonds is 7. The number of anilines is 1. The smallest absolute Gasteiger partial charge is 0.248 e. The van der Waals surface area contributed by atoms with Crippen LogP contribution in [0.2, 0.25) is 5.02 Å². The number of primary amides is 1. The number of carbonyl (C=O) groups is 2. The van der Waals surface area contributed by atoms with E-state index in [1.54, 1.807) is 48.5 Å². The van der Waals surface area contributed by atoms with Crippen LogP contribution in [0.15, 0.2) is 48.5 Å². The van der Waals surface area contributed by atoms with E-state index >= 15 is 0 Å². The van der Waals surface area contributed by atoms with Crippen LogP contribution >= 0.6 is 11.6 Å². The Balaban J connectivity index is 1.70. The Morgan fingerprint density at radius 1 is 1.04 bits per heavy atom. The maximum atomic E-state index is 11.8. The molecule has 0 fully saturated rings. The highest BCUT2D eigenvalue weighted by atomic mass is 35.5. The number of carbonyl (C=O) groups excluding carboxylic acids is 2. The first kappa shape index (κ1) is 16.8. The van der Waals surface area contributed by atoms with Crippen LogP contribution in [-0.2, 0) is 4.79 Å². The SMILES string of the molecule is NC(=O)c1ccc(NC(=O)CCCOc2ccc(Cl)cc2)cc1. The Morgan fingerprint density at radius 3 is 2.30 bits per heavy atom. The average Bonchev–Trinajstić information content (AvgIpc) is 2.54. The van der Waals surface area contributed by atoms with Crippen molar-refractivity contribution in [1.82, 2.24) is 0 Å². The van der Waals surface area contributed by atoms with Crippen LogP contribution in [0.5, 0.6) is 5.75 Å². The van der Waals surface area contributed by atoms with Crippen LogP contribution in [0.1, 0.15) is 23.2 Å². The first-order chi connectivity index (χ1) is 11.0. The van der Waals surface area contributed by atoms with Gasteiger partial charge in [-0.1, -0.05) is 11.6 Å². The zero-order valence-electron chi connectivity index (χ0n) is 12.4. The first-order valence-electron chi connectivity index (χ1n) is 7.12. The number of amides is 2. The second kappa shape index (κ2) is 8.19. The van der Waals surface area contributed by atoms with Crippen LogP contribution in [0.3, 0.4) is 0 Å². The monoisotopic (exact) mass is 332 g/mol. The molecule has 0 heterocycles. The molecule has 5 nitrogen and oxygen atoms in total. The third-order valence-corrected chi connectivity index (χ3v) is 3.34. The zero-order valence-corrected chi connectivity index (χ0v) is 13.2. The minimum Gasteiger partial charge on any atom is -0.494 e. The molecule has 0 aliphatic carbocycles. The Morgan fingerprint density at radius 2 is 1.70 bits per heavy atom. The summed E-state index contributed by atoms with van der Waals surface area (Å²) in [7, 11) is 0. The van der Waals surface area contributed by atoms with Crippen molar-refractivity contribution in [1.29, 1.82) is 0 Å². The molecule has 2 amide bonds. The fourth-order valence-corrected chi connectivity index (χ4v) is 2.02. The molecule has 0 radical (unpaired) electrons. The van der Waals surface area contributed by atoms with Gasteiger partial charge >= 0.3 is 0 Å². The highest BCUT2D eigenvalue weighted by Gasteiger charge is 2.04. The summed E-state index contributed by atoms with van der Waals surface area (Å²) in [5.74, 6) is 0.107. The number of nitrogens with one attached hydrogen (secondary N) is 1. The van der Waals surface area contributed by atoms with E-state index in [9.17, 15) is 9.59 Å². The molecule has 2 aromatic rings. The van der Waals surface area contributed by atoms with Crippen molar-refractivity contribution in [3.8, 4) is 5.75 Å². The maximum absolute atomic E-state index is 11.8. The number of hydrogen-bond donors (Lipinski definition) is 2. The summed E-state index contributed by atoms with van der Waals surface area (Å²) in [5.41, 5.74) is 6.18. The van der Waals surface area contributed by atoms with Crippen LogP contribution in [0.4, 0.5) is 5.69 Å². The molecule has 23 heavy (non-hydrogen) atoms. The van der Waals surface area contributed by atoms with Gasteiger partial charge in [-0.3, -0.25) is 9.59 Å². The highest BCUT2D eigenvalue weighted by molar-refractivity contribution is 6.30. The van der Waals surface area contributed by atoms with Gasteiger partial charge in [0.15, 0.2) is 0 Å². The predicted octanol–water partition coefficient (Wildman–Crippen LogP) is 3.24. The van der Waals surface area contributed by atoms with Crippen molar-refractivity contribution >= 4 is 29.1 Å². The van der Waals surface area contributed by atoms with Gasteiger partial charge in [0, 0.05) is 22.7 Å². The van der Waals surface area contributed by atoms with Crippen LogP contribution in [-0.4, -0.2) is 18.4 Å². The van der Waals surface area contributed by atoms with Crippen molar-refractivity contribution in [3.05, 3.63) is 59.1 Å². The summed E-state index contributed by atoms with van der Waals surface area (Å²) in [5, 5.41) is 3.40. The molecule has 0 saturated heterocycles. The summed E-state index contributed by atoms with van der Waals surface area (Å²) < 4.78 is 5.51. The van der Waals surface area contributed by atoms with Gasteiger partial charge in [0.25, 0.3) is 0 Å². The molecule has 3 N–H and O–H groups in total. The van der Waals surface area contributed by atoms with E-state index < -0.39 is 5.91 Å². The lowest BCUT2D eigenvalue weighted by Gasteiger charge is -2.07. The van der Waals surface area contributed by atoms with E-state index in [-0.39, 0.29) is 5.91 Å². The molecule has 0 aromatic heterocycles. The molecule has 2 rings (SSSR count). The summed E-state index contributed by atoms with van der Waals surface area (Å²) in [6.45, 7) is 0.440. The number of nitrogens with two attached hydrogens (primary N) is 1. The second-order valence-electron chi connectivity index (χ2n) is 4.90. The van der Waals surface area contributed by atoms with Gasteiger partial charge in [-0.25, -0.2) is 0 Å². The number of halogens is 1. The standard InChI is InChI=1S/C17H17ClN2O3/c18-13-5-9-15(10-6-13)23-11-1-2-16(21)20-14-7-3-12(4-8-14)17(19)22/h3-10H,1-2,11H2,(H2,19,22)(H,20,21). The fourth-order valence-electron chi connectivity index (χ4n) is 1.89. The number of benzene rings is 2. The van der Waals surface area contributed by atoms with Gasteiger partial charge in [0.05, 0.1) is 6.61 Å². The Labute approximate surface area is 139 Å². The van der Waals surface area contributed by atoms with Crippen LogP contribution < -0.4 is 15.8 Å². The van der Waals surface area contributed by atoms with E-state index in [2.05, 4.69) is 5.32 Å². The average molecular weight is 333 g/mol. The molecule has 0 saturated carbocycles. The van der Waals surface area contributed by atoms with Gasteiger partial charge in [-0.05, 0) is 55.0 Å². The van der Waals surface area contributed by atoms with E-state index in [0.29, 0.717) is 35.7 Å². The van der Waals surface area contributed by atoms with Crippen molar-refractivity contribution in [3.63, 3.8) is 0 Å². The molecule has 0 unspecified atom stereocenters. The van der Waals surface area contributed by atoms with Crippen LogP contribution in [0, 0.1) is 0 Å². The van der Waals surface area contributed by atoms with Crippen molar-refractivity contribution in [2.45, 2.75) is 12.8 Å². The Hall–Kier alpha value is -2.53. The van der Waals surface area contributed by atoms with Gasteiger partial charge in [0.2, 0.25) is 11.8 Å². The Kier molecular flexibility index (Phi) is 6.00. The Bertz CT molecular complexity index is 669. The van der Waals surface area contributed by atoms with Gasteiger partial charge in [-0.15, -0.1) is 0 Å². The molecule has 0 aliphatic rings. The molecule has 0 spiro atoms. The lowest BCUT2D eigenvalue weighted by Crippen LogP contribution is -2.14. The topological polar surface area (TPSA) is 81.4 Å². The zero-order chi connectivity index (χ0) is 16.7. The lowest BCUT2D eigenvalue weighted by molar-refractivity contribution is -0.116. The van der Waals surface area contributed by atoms with E-state index in [4.69, 9.17) is 22.1 Å². The van der Waals surface area contributed by atoms with Gasteiger partial charge < -0.3 is 15.8 Å². The molecule has 2 aromatic carbocycles. The fraction of sp³-hybridized carbons (Fsp3) is 0.176. The van der Waals surface area contributed by atoms with Gasteiger partial charge in [0.1, 0.15) is 5.75 Å². The van der Waals surface area contributed by atoms with E-state index in [1.807, 2.05) is 0 Å². The molecular formula is C17H17ClN2O3. The van der Waals surface area contributed by atoms with Gasteiger partial charge in [-0.2, -0.15) is 0 Å². The molecule has 0 atom stereocenters. The quantitative estimate of drug-likeness (QED) is 0.764. The van der Waals surface area contributed by atoms with E-state index in [1.165, 1.54) is 0 Å². The predicted molar refractivity (Wildman–Crippen MR) is 89.8 cm³/mol. The highest BCUT2D eigenvalue weighted by Crippen LogP contribution is 2.16. The third-order valence-electron chi connectivity index (χ3n) is 3.08. The van der Waals surface area contributed by atoms with Crippen molar-refractivity contribution in [2.24, 2.45) is 5.73 Å². The largest absolute Gasteiger partial charge is 0.494 e. The molecule has 6 heteroatoms. The first-order valence-corrected chi connectivity index (χ1v) is 7.50. The summed E-state index contributed by atoms with van der Waals surface area (Å²) in [4.78, 5) is 22.8. The van der Waals surface area contributed by atoms with Crippen LogP contribution in [0.25, 0.3) is 0 Å². The lowest BCUT2D eigenvalue weighted by atomic mass is 10.2. The number of ether oxygens (including phenoxy) is 1. The normalized spacial score (nSPS) is 10.1. The minimum atomic E-state index is -0.498. The maximum Gasteiger partial charge on any atom is 0.248 e. The van der Waals surface area contributed by atoms with E-state index in [0.717, 1.165) is 5.75 Å². The molecule has 0 bridgehead atoms. The summed E-state index contributed by atoms with van der Waals surface area (Å²) >= 11 is 5.78.